The summed E-state index contributed by atoms with van der Waals surface area (Å²) >= 11 is 1.40. The number of thiophene rings is 1. The zero-order valence-corrected chi connectivity index (χ0v) is 16.0. The first-order chi connectivity index (χ1) is 12.7. The van der Waals surface area contributed by atoms with Crippen molar-refractivity contribution in [3.63, 3.8) is 0 Å². The van der Waals surface area contributed by atoms with Gasteiger partial charge in [0.05, 0.1) is 15.9 Å². The standard InChI is InChI=1S/C18H17N3O5S/c1-8-5-6-12(7-13(8)21(24)25)18(23)26-10(3)15-19-16(22)14-9(2)11(4)27-17(14)20-15/h5-7,10H,1-4H3,(H,19,20,22)/t10-/m0/s1. The molecule has 8 nitrogen and oxygen atoms in total. The normalized spacial score (nSPS) is 12.1. The highest BCUT2D eigenvalue weighted by atomic mass is 32.1. The van der Waals surface area contributed by atoms with Gasteiger partial charge in [0.25, 0.3) is 11.2 Å². The lowest BCUT2D eigenvalue weighted by molar-refractivity contribution is -0.385. The maximum absolute atomic E-state index is 12.4. The van der Waals surface area contributed by atoms with Crippen molar-refractivity contribution in [2.75, 3.05) is 0 Å². The van der Waals surface area contributed by atoms with Crippen molar-refractivity contribution in [3.05, 3.63) is 66.1 Å². The zero-order valence-electron chi connectivity index (χ0n) is 15.2. The van der Waals surface area contributed by atoms with E-state index in [1.165, 1.54) is 29.5 Å². The second-order valence-electron chi connectivity index (χ2n) is 6.22. The summed E-state index contributed by atoms with van der Waals surface area (Å²) in [5.74, 6) is -0.504. The molecule has 1 atom stereocenters. The van der Waals surface area contributed by atoms with Crippen LogP contribution in [0.15, 0.2) is 23.0 Å². The van der Waals surface area contributed by atoms with E-state index in [1.807, 2.05) is 13.8 Å². The molecule has 27 heavy (non-hydrogen) atoms. The topological polar surface area (TPSA) is 115 Å². The number of hydrogen-bond acceptors (Lipinski definition) is 7. The van der Waals surface area contributed by atoms with Crippen molar-refractivity contribution in [2.45, 2.75) is 33.8 Å². The summed E-state index contributed by atoms with van der Waals surface area (Å²) in [5.41, 5.74) is 0.946. The molecular weight excluding hydrogens is 370 g/mol. The fourth-order valence-electron chi connectivity index (χ4n) is 2.68. The molecule has 0 saturated carbocycles. The van der Waals surface area contributed by atoms with Gasteiger partial charge in [-0.05, 0) is 39.3 Å². The number of ether oxygens (including phenoxy) is 1. The van der Waals surface area contributed by atoms with Crippen LogP contribution < -0.4 is 5.56 Å². The Morgan fingerprint density at radius 3 is 2.70 bits per heavy atom. The van der Waals surface area contributed by atoms with Crippen molar-refractivity contribution in [1.82, 2.24) is 9.97 Å². The minimum Gasteiger partial charge on any atom is -0.451 e. The number of aryl methyl sites for hydroxylation is 3. The fraction of sp³-hybridized carbons (Fsp3) is 0.278. The molecule has 1 N–H and O–H groups in total. The summed E-state index contributed by atoms with van der Waals surface area (Å²) in [6.45, 7) is 6.94. The van der Waals surface area contributed by atoms with Gasteiger partial charge < -0.3 is 9.72 Å². The van der Waals surface area contributed by atoms with Crippen LogP contribution in [0.3, 0.4) is 0 Å². The lowest BCUT2D eigenvalue weighted by atomic mass is 10.1. The molecule has 0 spiro atoms. The number of nitro groups is 1. The number of rotatable bonds is 4. The van der Waals surface area contributed by atoms with Crippen LogP contribution in [0, 0.1) is 30.9 Å². The second-order valence-corrected chi connectivity index (χ2v) is 7.42. The van der Waals surface area contributed by atoms with Crippen molar-refractivity contribution in [3.8, 4) is 0 Å². The molecule has 1 aromatic carbocycles. The number of nitrogens with zero attached hydrogens (tertiary/aromatic N) is 2. The Balaban J connectivity index is 1.89. The molecular formula is C18H17N3O5S. The van der Waals surface area contributed by atoms with Gasteiger partial charge in [0.2, 0.25) is 0 Å². The Bertz CT molecular complexity index is 1130. The number of H-pyrrole nitrogens is 1. The number of nitrogens with one attached hydrogen (secondary N) is 1. The number of fused-ring (bicyclic) bond motifs is 1. The van der Waals surface area contributed by atoms with Crippen LogP contribution in [-0.2, 0) is 4.74 Å². The number of carbonyl (C=O) groups is 1. The number of esters is 1. The van der Waals surface area contributed by atoms with Crippen LogP contribution in [0.2, 0.25) is 0 Å². The van der Waals surface area contributed by atoms with Gasteiger partial charge >= 0.3 is 5.97 Å². The van der Waals surface area contributed by atoms with E-state index in [0.717, 1.165) is 10.4 Å². The third kappa shape index (κ3) is 3.45. The maximum atomic E-state index is 12.4. The monoisotopic (exact) mass is 387 g/mol. The van der Waals surface area contributed by atoms with Gasteiger partial charge in [0.15, 0.2) is 11.9 Å². The molecule has 0 aliphatic carbocycles. The van der Waals surface area contributed by atoms with E-state index in [2.05, 4.69) is 9.97 Å². The molecule has 0 unspecified atom stereocenters. The average Bonchev–Trinajstić information content (AvgIpc) is 2.89. The summed E-state index contributed by atoms with van der Waals surface area (Å²) in [5, 5.41) is 11.6. The SMILES string of the molecule is Cc1ccc(C(=O)O[C@@H](C)c2nc3sc(C)c(C)c3c(=O)[nH]2)cc1[N+](=O)[O-]. The first-order valence-electron chi connectivity index (χ1n) is 8.15. The van der Waals surface area contributed by atoms with Gasteiger partial charge in [-0.2, -0.15) is 0 Å². The van der Waals surface area contributed by atoms with Crippen LogP contribution >= 0.6 is 11.3 Å². The van der Waals surface area contributed by atoms with E-state index >= 15 is 0 Å². The van der Waals surface area contributed by atoms with E-state index in [9.17, 15) is 19.7 Å². The van der Waals surface area contributed by atoms with Crippen LogP contribution in [0.25, 0.3) is 10.2 Å². The summed E-state index contributed by atoms with van der Waals surface area (Å²) in [7, 11) is 0. The van der Waals surface area contributed by atoms with Crippen molar-refractivity contribution >= 4 is 33.2 Å². The highest BCUT2D eigenvalue weighted by Crippen LogP contribution is 2.27. The van der Waals surface area contributed by atoms with Crippen LogP contribution in [-0.4, -0.2) is 20.9 Å². The lowest BCUT2D eigenvalue weighted by Gasteiger charge is -2.12. The van der Waals surface area contributed by atoms with E-state index in [0.29, 0.717) is 15.8 Å². The number of nitro benzene ring substituents is 1. The van der Waals surface area contributed by atoms with E-state index in [4.69, 9.17) is 4.74 Å². The van der Waals surface area contributed by atoms with E-state index < -0.39 is 17.0 Å². The maximum Gasteiger partial charge on any atom is 0.339 e. The van der Waals surface area contributed by atoms with Gasteiger partial charge in [-0.1, -0.05) is 6.07 Å². The fourth-order valence-corrected chi connectivity index (χ4v) is 3.72. The Labute approximate surface area is 158 Å². The molecule has 2 heterocycles. The third-order valence-electron chi connectivity index (χ3n) is 4.37. The van der Waals surface area contributed by atoms with Crippen LogP contribution in [0.4, 0.5) is 5.69 Å². The molecule has 0 aliphatic rings. The predicted octanol–water partition coefficient (Wildman–Crippen LogP) is 3.74. The Morgan fingerprint density at radius 2 is 2.04 bits per heavy atom. The van der Waals surface area contributed by atoms with Crippen molar-refractivity contribution in [1.29, 1.82) is 0 Å². The highest BCUT2D eigenvalue weighted by Gasteiger charge is 2.21. The second kappa shape index (κ2) is 6.92. The number of aromatic amines is 1. The number of hydrogen-bond donors (Lipinski definition) is 1. The number of carbonyl (C=O) groups excluding carboxylic acids is 1. The molecule has 3 aromatic rings. The smallest absolute Gasteiger partial charge is 0.339 e. The summed E-state index contributed by atoms with van der Waals surface area (Å²) < 4.78 is 5.35. The molecule has 0 saturated heterocycles. The first-order valence-corrected chi connectivity index (χ1v) is 8.96. The Morgan fingerprint density at radius 1 is 1.33 bits per heavy atom. The molecule has 140 valence electrons. The lowest BCUT2D eigenvalue weighted by Crippen LogP contribution is -2.17. The summed E-state index contributed by atoms with van der Waals surface area (Å²) in [4.78, 5) is 43.8. The van der Waals surface area contributed by atoms with Crippen molar-refractivity contribution in [2.24, 2.45) is 0 Å². The average molecular weight is 387 g/mol. The predicted molar refractivity (Wildman–Crippen MR) is 101 cm³/mol. The van der Waals surface area contributed by atoms with Gasteiger partial charge in [0, 0.05) is 16.5 Å². The third-order valence-corrected chi connectivity index (χ3v) is 5.47. The summed E-state index contributed by atoms with van der Waals surface area (Å²) in [6, 6.07) is 4.13. The molecule has 0 bridgehead atoms. The van der Waals surface area contributed by atoms with Gasteiger partial charge in [-0.25, -0.2) is 9.78 Å². The first kappa shape index (κ1) is 18.7. The Kier molecular flexibility index (Phi) is 4.79. The molecule has 0 radical (unpaired) electrons. The quantitative estimate of drug-likeness (QED) is 0.414. The molecule has 0 aliphatic heterocycles. The molecule has 2 aromatic heterocycles. The minimum absolute atomic E-state index is 0.0605. The summed E-state index contributed by atoms with van der Waals surface area (Å²) in [6.07, 6.45) is -0.822. The van der Waals surface area contributed by atoms with Crippen molar-refractivity contribution < 1.29 is 14.5 Å². The van der Waals surface area contributed by atoms with Gasteiger partial charge in [0.1, 0.15) is 4.83 Å². The highest BCUT2D eigenvalue weighted by molar-refractivity contribution is 7.18. The van der Waals surface area contributed by atoms with Crippen LogP contribution in [0.5, 0.6) is 0 Å². The molecule has 0 fully saturated rings. The van der Waals surface area contributed by atoms with Gasteiger partial charge in [-0.3, -0.25) is 14.9 Å². The number of aromatic nitrogens is 2. The minimum atomic E-state index is -0.822. The van der Waals surface area contributed by atoms with Gasteiger partial charge in [-0.15, -0.1) is 11.3 Å². The van der Waals surface area contributed by atoms with E-state index in [1.54, 1.807) is 13.8 Å². The molecule has 0 amide bonds. The number of benzene rings is 1. The molecule has 3 rings (SSSR count). The molecule has 9 heteroatoms. The van der Waals surface area contributed by atoms with E-state index in [-0.39, 0.29) is 22.6 Å². The Hall–Kier alpha value is -3.07. The largest absolute Gasteiger partial charge is 0.451 e. The van der Waals surface area contributed by atoms with Crippen LogP contribution in [0.1, 0.15) is 45.2 Å². The zero-order chi connectivity index (χ0) is 19.9.